The van der Waals surface area contributed by atoms with Crippen LogP contribution in [0.3, 0.4) is 0 Å². The van der Waals surface area contributed by atoms with Crippen LogP contribution in [0.15, 0.2) is 61.6 Å². The van der Waals surface area contributed by atoms with Crippen LogP contribution < -0.4 is 14.8 Å². The zero-order valence-corrected chi connectivity index (χ0v) is 29.3. The van der Waals surface area contributed by atoms with E-state index in [1.165, 1.54) is 0 Å². The average molecular weight is 703 g/mol. The van der Waals surface area contributed by atoms with Gasteiger partial charge in [-0.1, -0.05) is 17.7 Å². The molecule has 1 unspecified atom stereocenters. The number of hydrogen-bond acceptors (Lipinski definition) is 12. The topological polar surface area (TPSA) is 148 Å². The van der Waals surface area contributed by atoms with Gasteiger partial charge in [0.1, 0.15) is 30.5 Å². The molecule has 5 aromatic rings. The van der Waals surface area contributed by atoms with Crippen LogP contribution in [0.5, 0.6) is 11.6 Å². The monoisotopic (exact) mass is 702 g/mol. The van der Waals surface area contributed by atoms with E-state index in [-0.39, 0.29) is 24.4 Å². The van der Waals surface area contributed by atoms with E-state index in [1.807, 2.05) is 42.2 Å². The third-order valence-electron chi connectivity index (χ3n) is 9.15. The van der Waals surface area contributed by atoms with Crippen molar-refractivity contribution in [3.8, 4) is 22.8 Å². The van der Waals surface area contributed by atoms with Crippen LogP contribution in [0, 0.1) is 0 Å². The third kappa shape index (κ3) is 8.40. The Morgan fingerprint density at radius 1 is 1.02 bits per heavy atom. The number of hydrogen-bond donors (Lipinski definition) is 1. The SMILES string of the molecule is CC(Cn1cnnn1)Oc1cc(-c2cnc(Nc3cn(C4CCC(N5C[C@@H](C)O[C@@H](C)C5)CC4)nc3OCCn3cccn3)nc2)ccc1Cl. The predicted molar refractivity (Wildman–Crippen MR) is 186 cm³/mol. The molecule has 0 radical (unpaired) electrons. The quantitative estimate of drug-likeness (QED) is 0.175. The largest absolute Gasteiger partial charge is 0.487 e. The maximum absolute atomic E-state index is 6.47. The highest BCUT2D eigenvalue weighted by molar-refractivity contribution is 6.32. The number of benzene rings is 1. The molecule has 15 nitrogen and oxygen atoms in total. The van der Waals surface area contributed by atoms with Gasteiger partial charge in [-0.2, -0.15) is 5.10 Å². The Labute approximate surface area is 295 Å². The molecule has 7 rings (SSSR count). The second-order valence-corrected chi connectivity index (χ2v) is 13.6. The number of nitrogens with zero attached hydrogens (tertiary/aromatic N) is 11. The molecule has 1 aliphatic heterocycles. The summed E-state index contributed by atoms with van der Waals surface area (Å²) in [5.41, 5.74) is 2.41. The highest BCUT2D eigenvalue weighted by atomic mass is 35.5. The van der Waals surface area contributed by atoms with Crippen LogP contribution in [-0.2, 0) is 17.8 Å². The molecule has 1 saturated carbocycles. The first-order valence-electron chi connectivity index (χ1n) is 17.2. The summed E-state index contributed by atoms with van der Waals surface area (Å²) in [6, 6.07) is 8.36. The van der Waals surface area contributed by atoms with Gasteiger partial charge in [0.2, 0.25) is 5.95 Å². The molecule has 4 aromatic heterocycles. The van der Waals surface area contributed by atoms with Gasteiger partial charge < -0.3 is 19.5 Å². The molecular weight excluding hydrogens is 660 g/mol. The minimum absolute atomic E-state index is 0.210. The Bertz CT molecular complexity index is 1780. The molecule has 3 atom stereocenters. The van der Waals surface area contributed by atoms with Gasteiger partial charge in [-0.3, -0.25) is 14.3 Å². The fourth-order valence-corrected chi connectivity index (χ4v) is 7.01. The van der Waals surface area contributed by atoms with Gasteiger partial charge in [-0.15, -0.1) is 10.2 Å². The van der Waals surface area contributed by atoms with Crippen LogP contribution >= 0.6 is 11.6 Å². The second kappa shape index (κ2) is 15.5. The molecule has 0 amide bonds. The molecule has 1 saturated heterocycles. The van der Waals surface area contributed by atoms with Crippen LogP contribution in [0.1, 0.15) is 52.5 Å². The van der Waals surface area contributed by atoms with Gasteiger partial charge in [0.25, 0.3) is 5.88 Å². The molecule has 5 heterocycles. The van der Waals surface area contributed by atoms with Gasteiger partial charge in [0, 0.05) is 49.5 Å². The number of nitrogens with one attached hydrogen (secondary N) is 1. The Morgan fingerprint density at radius 2 is 1.80 bits per heavy atom. The number of rotatable bonds is 13. The van der Waals surface area contributed by atoms with Crippen LogP contribution in [-0.4, -0.2) is 98.7 Å². The molecule has 16 heteroatoms. The fraction of sp³-hybridized carbons (Fsp3) is 0.500. The van der Waals surface area contributed by atoms with Crippen molar-refractivity contribution in [2.24, 2.45) is 0 Å². The lowest BCUT2D eigenvalue weighted by Gasteiger charge is -2.42. The number of aromatic nitrogens is 10. The summed E-state index contributed by atoms with van der Waals surface area (Å²) in [6.07, 6.45) is 15.5. The first-order chi connectivity index (χ1) is 24.4. The summed E-state index contributed by atoms with van der Waals surface area (Å²) in [5, 5.41) is 24.3. The normalized spacial score (nSPS) is 21.9. The molecule has 2 fully saturated rings. The standard InChI is InChI=1S/C34H43ClN12O3/c1-23-18-44(19-24(2)49-23)28-6-8-29(9-7-28)47-21-31(33(41-47)48-14-13-45-12-4-11-39-45)40-34-36-16-27(17-37-34)26-5-10-30(35)32(15-26)50-25(3)20-46-22-38-42-43-46/h4-5,10-12,15-17,21-25,28-29H,6-9,13-14,18-20H2,1-3H3,(H,36,37,40)/t23-,24+,25?,28?,29?. The highest BCUT2D eigenvalue weighted by Gasteiger charge is 2.32. The van der Waals surface area contributed by atoms with Crippen molar-refractivity contribution in [2.45, 2.75) is 89.9 Å². The minimum atomic E-state index is -0.210. The molecule has 50 heavy (non-hydrogen) atoms. The molecule has 2 aliphatic rings. The van der Waals surface area contributed by atoms with Crippen LogP contribution in [0.2, 0.25) is 5.02 Å². The smallest absolute Gasteiger partial charge is 0.257 e. The van der Waals surface area contributed by atoms with Crippen molar-refractivity contribution >= 4 is 23.2 Å². The van der Waals surface area contributed by atoms with Crippen molar-refractivity contribution in [1.29, 1.82) is 0 Å². The van der Waals surface area contributed by atoms with E-state index in [2.05, 4.69) is 59.3 Å². The minimum Gasteiger partial charge on any atom is -0.487 e. The van der Waals surface area contributed by atoms with E-state index in [1.54, 1.807) is 35.7 Å². The van der Waals surface area contributed by atoms with Gasteiger partial charge in [-0.25, -0.2) is 14.6 Å². The van der Waals surface area contributed by atoms with E-state index in [0.29, 0.717) is 48.3 Å². The van der Waals surface area contributed by atoms with Crippen molar-refractivity contribution < 1.29 is 14.2 Å². The lowest BCUT2D eigenvalue weighted by atomic mass is 9.89. The Morgan fingerprint density at radius 3 is 2.52 bits per heavy atom. The molecule has 0 spiro atoms. The summed E-state index contributed by atoms with van der Waals surface area (Å²) < 4.78 is 23.8. The number of morpholine rings is 1. The number of tetrazole rings is 1. The van der Waals surface area contributed by atoms with Gasteiger partial charge >= 0.3 is 0 Å². The second-order valence-electron chi connectivity index (χ2n) is 13.1. The van der Waals surface area contributed by atoms with E-state index in [4.69, 9.17) is 30.9 Å². The van der Waals surface area contributed by atoms with E-state index < -0.39 is 0 Å². The maximum atomic E-state index is 6.47. The zero-order chi connectivity index (χ0) is 34.5. The molecular formula is C34H43ClN12O3. The number of anilines is 2. The summed E-state index contributed by atoms with van der Waals surface area (Å²) in [7, 11) is 0. The Balaban J connectivity index is 1.02. The lowest BCUT2D eigenvalue weighted by molar-refractivity contribution is -0.0852. The number of ether oxygens (including phenoxy) is 3. The Kier molecular flexibility index (Phi) is 10.5. The molecule has 1 N–H and O–H groups in total. The molecule has 0 bridgehead atoms. The maximum Gasteiger partial charge on any atom is 0.257 e. The van der Waals surface area contributed by atoms with Gasteiger partial charge in [-0.05, 0) is 80.6 Å². The molecule has 1 aromatic carbocycles. The van der Waals surface area contributed by atoms with Gasteiger partial charge in [0.05, 0.1) is 42.6 Å². The van der Waals surface area contributed by atoms with Crippen molar-refractivity contribution in [3.63, 3.8) is 0 Å². The third-order valence-corrected chi connectivity index (χ3v) is 9.46. The van der Waals surface area contributed by atoms with Gasteiger partial charge in [0.15, 0.2) is 0 Å². The molecule has 264 valence electrons. The first-order valence-corrected chi connectivity index (χ1v) is 17.6. The van der Waals surface area contributed by atoms with Crippen molar-refractivity contribution in [2.75, 3.05) is 25.0 Å². The first kappa shape index (κ1) is 33.9. The summed E-state index contributed by atoms with van der Waals surface area (Å²) >= 11 is 6.47. The van der Waals surface area contributed by atoms with Crippen LogP contribution in [0.4, 0.5) is 11.6 Å². The number of halogens is 1. The van der Waals surface area contributed by atoms with Crippen molar-refractivity contribution in [3.05, 3.63) is 66.6 Å². The summed E-state index contributed by atoms with van der Waals surface area (Å²) in [4.78, 5) is 11.9. The van der Waals surface area contributed by atoms with E-state index in [0.717, 1.165) is 55.6 Å². The summed E-state index contributed by atoms with van der Waals surface area (Å²) in [6.45, 7) is 9.78. The highest BCUT2D eigenvalue weighted by Crippen LogP contribution is 2.36. The predicted octanol–water partition coefficient (Wildman–Crippen LogP) is 5.06. The van der Waals surface area contributed by atoms with Crippen molar-refractivity contribution in [1.82, 2.24) is 54.6 Å². The lowest BCUT2D eigenvalue weighted by Crippen LogP contribution is -2.51. The average Bonchev–Trinajstić information content (AvgIpc) is 3.90. The zero-order valence-electron chi connectivity index (χ0n) is 28.5. The summed E-state index contributed by atoms with van der Waals surface area (Å²) in [5.74, 6) is 1.50. The van der Waals surface area contributed by atoms with E-state index in [9.17, 15) is 0 Å². The Hall–Kier alpha value is -4.60. The van der Waals surface area contributed by atoms with Crippen LogP contribution in [0.25, 0.3) is 11.1 Å². The fourth-order valence-electron chi connectivity index (χ4n) is 6.84. The molecule has 1 aliphatic carbocycles. The van der Waals surface area contributed by atoms with E-state index >= 15 is 0 Å².